The summed E-state index contributed by atoms with van der Waals surface area (Å²) in [6.07, 6.45) is 5.09. The summed E-state index contributed by atoms with van der Waals surface area (Å²) in [5.41, 5.74) is 1.19. The first-order valence-corrected chi connectivity index (χ1v) is 7.91. The predicted octanol–water partition coefficient (Wildman–Crippen LogP) is 3.06. The zero-order valence-corrected chi connectivity index (χ0v) is 13.2. The molecule has 0 aromatic carbocycles. The van der Waals surface area contributed by atoms with Crippen LogP contribution in [-0.4, -0.2) is 29.3 Å². The molecule has 2 heterocycles. The van der Waals surface area contributed by atoms with E-state index in [0.717, 1.165) is 25.1 Å². The fraction of sp³-hybridized carbons (Fsp3) is 0.857. The maximum Gasteiger partial charge on any atom is 0.0857 e. The molecule has 1 aliphatic rings. The standard InChI is InChI=1S/C14H25N3OS/c1-14(2,3)13-12(19-17-16-13)11(15-4)8-7-10-6-5-9-18-10/h10-11,15H,5-9H2,1-4H3. The lowest BCUT2D eigenvalue weighted by atomic mass is 9.89. The number of ether oxygens (including phenoxy) is 1. The van der Waals surface area contributed by atoms with Gasteiger partial charge in [-0.15, -0.1) is 5.10 Å². The van der Waals surface area contributed by atoms with Crippen molar-refractivity contribution in [1.29, 1.82) is 0 Å². The van der Waals surface area contributed by atoms with Crippen molar-refractivity contribution >= 4 is 11.5 Å². The Morgan fingerprint density at radius 3 is 2.84 bits per heavy atom. The third kappa shape index (κ3) is 3.74. The van der Waals surface area contributed by atoms with Crippen LogP contribution in [0.3, 0.4) is 0 Å². The van der Waals surface area contributed by atoms with Gasteiger partial charge in [-0.2, -0.15) is 0 Å². The van der Waals surface area contributed by atoms with Gasteiger partial charge in [-0.05, 0) is 44.3 Å². The highest BCUT2D eigenvalue weighted by Crippen LogP contribution is 2.33. The van der Waals surface area contributed by atoms with E-state index in [-0.39, 0.29) is 5.41 Å². The Labute approximate surface area is 120 Å². The van der Waals surface area contributed by atoms with Gasteiger partial charge in [-0.3, -0.25) is 0 Å². The molecule has 1 aromatic rings. The smallest absolute Gasteiger partial charge is 0.0857 e. The Kier molecular flexibility index (Phi) is 4.92. The fourth-order valence-corrected chi connectivity index (χ4v) is 3.58. The normalized spacial score (nSPS) is 21.8. The molecule has 0 bridgehead atoms. The first-order chi connectivity index (χ1) is 9.02. The van der Waals surface area contributed by atoms with Crippen molar-refractivity contribution in [2.24, 2.45) is 0 Å². The minimum atomic E-state index is 0.0568. The Bertz CT molecular complexity index is 394. The number of rotatable bonds is 5. The summed E-state index contributed by atoms with van der Waals surface area (Å²) in [5.74, 6) is 0. The molecule has 108 valence electrons. The van der Waals surface area contributed by atoms with Crippen LogP contribution < -0.4 is 5.32 Å². The largest absolute Gasteiger partial charge is 0.378 e. The molecule has 2 rings (SSSR count). The quantitative estimate of drug-likeness (QED) is 0.902. The van der Waals surface area contributed by atoms with Gasteiger partial charge in [0, 0.05) is 18.1 Å². The number of hydrogen-bond donors (Lipinski definition) is 1. The molecule has 19 heavy (non-hydrogen) atoms. The van der Waals surface area contributed by atoms with Crippen LogP contribution in [0.2, 0.25) is 0 Å². The van der Waals surface area contributed by atoms with Crippen molar-refractivity contribution in [3.8, 4) is 0 Å². The molecule has 0 spiro atoms. The van der Waals surface area contributed by atoms with Crippen molar-refractivity contribution in [2.45, 2.75) is 64.0 Å². The molecule has 0 radical (unpaired) electrons. The zero-order chi connectivity index (χ0) is 13.9. The fourth-order valence-electron chi connectivity index (χ4n) is 2.58. The third-order valence-corrected chi connectivity index (χ3v) is 4.53. The highest BCUT2D eigenvalue weighted by molar-refractivity contribution is 7.05. The van der Waals surface area contributed by atoms with Crippen molar-refractivity contribution in [2.75, 3.05) is 13.7 Å². The van der Waals surface area contributed by atoms with E-state index in [1.165, 1.54) is 29.3 Å². The number of hydrogen-bond acceptors (Lipinski definition) is 5. The van der Waals surface area contributed by atoms with E-state index in [4.69, 9.17) is 4.74 Å². The van der Waals surface area contributed by atoms with Crippen LogP contribution >= 0.6 is 11.5 Å². The van der Waals surface area contributed by atoms with Crippen molar-refractivity contribution < 1.29 is 4.74 Å². The molecule has 1 saturated heterocycles. The maximum atomic E-state index is 5.71. The molecule has 2 atom stereocenters. The molecule has 1 fully saturated rings. The predicted molar refractivity (Wildman–Crippen MR) is 78.6 cm³/mol. The molecule has 1 N–H and O–H groups in total. The first kappa shape index (κ1) is 14.9. The van der Waals surface area contributed by atoms with Gasteiger partial charge in [0.1, 0.15) is 0 Å². The van der Waals surface area contributed by atoms with Crippen LogP contribution in [0, 0.1) is 0 Å². The molecule has 0 saturated carbocycles. The van der Waals surface area contributed by atoms with E-state index >= 15 is 0 Å². The molecule has 5 heteroatoms. The van der Waals surface area contributed by atoms with E-state index in [2.05, 4.69) is 35.7 Å². The van der Waals surface area contributed by atoms with E-state index in [1.807, 2.05) is 7.05 Å². The number of nitrogens with one attached hydrogen (secondary N) is 1. The summed E-state index contributed by atoms with van der Waals surface area (Å²) in [6, 6.07) is 0.346. The van der Waals surface area contributed by atoms with Gasteiger partial charge in [0.05, 0.1) is 16.7 Å². The summed E-state index contributed by atoms with van der Waals surface area (Å²) >= 11 is 1.53. The Hall–Kier alpha value is -0.520. The Morgan fingerprint density at radius 1 is 1.47 bits per heavy atom. The van der Waals surface area contributed by atoms with Gasteiger partial charge < -0.3 is 10.1 Å². The third-order valence-electron chi connectivity index (χ3n) is 3.69. The maximum absolute atomic E-state index is 5.71. The second kappa shape index (κ2) is 6.29. The minimum absolute atomic E-state index is 0.0568. The highest BCUT2D eigenvalue weighted by atomic mass is 32.1. The van der Waals surface area contributed by atoms with Gasteiger partial charge in [-0.1, -0.05) is 25.3 Å². The van der Waals surface area contributed by atoms with Crippen molar-refractivity contribution in [3.05, 3.63) is 10.6 Å². The molecule has 1 aliphatic heterocycles. The summed E-state index contributed by atoms with van der Waals surface area (Å²) in [5, 5.41) is 7.75. The monoisotopic (exact) mass is 283 g/mol. The van der Waals surface area contributed by atoms with Crippen LogP contribution in [0.1, 0.15) is 63.1 Å². The van der Waals surface area contributed by atoms with E-state index < -0.39 is 0 Å². The molecular formula is C14H25N3OS. The van der Waals surface area contributed by atoms with Gasteiger partial charge >= 0.3 is 0 Å². The summed E-state index contributed by atoms with van der Waals surface area (Å²) in [6.45, 7) is 7.52. The lowest BCUT2D eigenvalue weighted by Gasteiger charge is -2.22. The average molecular weight is 283 g/mol. The van der Waals surface area contributed by atoms with E-state index in [9.17, 15) is 0 Å². The van der Waals surface area contributed by atoms with Crippen molar-refractivity contribution in [3.63, 3.8) is 0 Å². The van der Waals surface area contributed by atoms with Crippen LogP contribution in [0.25, 0.3) is 0 Å². The summed E-state index contributed by atoms with van der Waals surface area (Å²) in [7, 11) is 2.02. The molecule has 2 unspecified atom stereocenters. The Balaban J connectivity index is 2.02. The lowest BCUT2D eigenvalue weighted by Crippen LogP contribution is -2.22. The van der Waals surface area contributed by atoms with Crippen LogP contribution in [-0.2, 0) is 10.2 Å². The second-order valence-corrected chi connectivity index (χ2v) is 7.08. The number of aromatic nitrogens is 2. The van der Waals surface area contributed by atoms with Gasteiger partial charge in [0.15, 0.2) is 0 Å². The highest BCUT2D eigenvalue weighted by Gasteiger charge is 2.27. The van der Waals surface area contributed by atoms with E-state index in [1.54, 1.807) is 0 Å². The molecule has 0 amide bonds. The summed E-state index contributed by atoms with van der Waals surface area (Å²) < 4.78 is 9.86. The van der Waals surface area contributed by atoms with Crippen LogP contribution in [0.15, 0.2) is 0 Å². The summed E-state index contributed by atoms with van der Waals surface area (Å²) in [4.78, 5) is 1.29. The molecular weight excluding hydrogens is 258 g/mol. The zero-order valence-electron chi connectivity index (χ0n) is 12.4. The topological polar surface area (TPSA) is 47.0 Å². The van der Waals surface area contributed by atoms with Crippen LogP contribution in [0.5, 0.6) is 0 Å². The van der Waals surface area contributed by atoms with Gasteiger partial charge in [-0.25, -0.2) is 0 Å². The number of nitrogens with zero attached hydrogens (tertiary/aromatic N) is 2. The SMILES string of the molecule is CNC(CCC1CCCO1)c1snnc1C(C)(C)C. The van der Waals surface area contributed by atoms with Gasteiger partial charge in [0.25, 0.3) is 0 Å². The minimum Gasteiger partial charge on any atom is -0.378 e. The second-order valence-electron chi connectivity index (χ2n) is 6.29. The first-order valence-electron chi connectivity index (χ1n) is 7.14. The van der Waals surface area contributed by atoms with E-state index in [0.29, 0.717) is 12.1 Å². The molecule has 1 aromatic heterocycles. The molecule has 0 aliphatic carbocycles. The molecule has 4 nitrogen and oxygen atoms in total. The average Bonchev–Trinajstić information content (AvgIpc) is 2.98. The van der Waals surface area contributed by atoms with Crippen LogP contribution in [0.4, 0.5) is 0 Å². The lowest BCUT2D eigenvalue weighted by molar-refractivity contribution is 0.0999. The van der Waals surface area contributed by atoms with Crippen molar-refractivity contribution in [1.82, 2.24) is 14.9 Å². The Morgan fingerprint density at radius 2 is 2.26 bits per heavy atom. The van der Waals surface area contributed by atoms with Gasteiger partial charge in [0.2, 0.25) is 0 Å².